The number of aryl methyl sites for hydroxylation is 2. The molecule has 0 spiro atoms. The van der Waals surface area contributed by atoms with Crippen molar-refractivity contribution < 1.29 is 4.79 Å². The van der Waals surface area contributed by atoms with E-state index in [2.05, 4.69) is 4.98 Å². The Morgan fingerprint density at radius 1 is 1.39 bits per heavy atom. The van der Waals surface area contributed by atoms with Gasteiger partial charge in [-0.3, -0.25) is 14.6 Å². The van der Waals surface area contributed by atoms with Crippen LogP contribution in [0.5, 0.6) is 0 Å². The normalized spacial score (nSPS) is 19.4. The van der Waals surface area contributed by atoms with Crippen LogP contribution in [0.2, 0.25) is 0 Å². The fraction of sp³-hybridized carbons (Fsp3) is 0.615. The molecule has 1 fully saturated rings. The minimum absolute atomic E-state index is 0.0916. The Hall–Kier alpha value is -1.65. The second-order valence-corrected chi connectivity index (χ2v) is 4.80. The molecule has 2 rings (SSSR count). The van der Waals surface area contributed by atoms with Crippen molar-refractivity contribution in [2.24, 2.45) is 5.92 Å². The van der Waals surface area contributed by atoms with E-state index in [1.807, 2.05) is 6.92 Å². The molecule has 1 aromatic heterocycles. The average Bonchev–Trinajstić information content (AvgIpc) is 2.74. The zero-order chi connectivity index (χ0) is 13.1. The lowest BCUT2D eigenvalue weighted by Gasteiger charge is -2.10. The average molecular weight is 250 g/mol. The van der Waals surface area contributed by atoms with Crippen molar-refractivity contribution in [1.82, 2.24) is 9.55 Å². The number of nitrogens with zero attached hydrogens (tertiary/aromatic N) is 1. The standard InChI is InChI=1S/C13H18N2O3/c1-2-9-8-15(13(18)14-12(9)17)7-6-10-4-3-5-11(10)16/h8,10H,2-7H2,1H3,(H,14,17,18). The summed E-state index contributed by atoms with van der Waals surface area (Å²) in [4.78, 5) is 36.9. The molecular weight excluding hydrogens is 232 g/mol. The van der Waals surface area contributed by atoms with Crippen LogP contribution < -0.4 is 11.2 Å². The SMILES string of the molecule is CCc1cn(CCC2CCCC2=O)c(=O)[nH]c1=O. The van der Waals surface area contributed by atoms with Crippen molar-refractivity contribution >= 4 is 5.78 Å². The number of aromatic nitrogens is 2. The highest BCUT2D eigenvalue weighted by molar-refractivity contribution is 5.82. The molecule has 5 nitrogen and oxygen atoms in total. The number of H-pyrrole nitrogens is 1. The molecule has 1 aliphatic carbocycles. The Labute approximate surface area is 105 Å². The van der Waals surface area contributed by atoms with E-state index >= 15 is 0 Å². The van der Waals surface area contributed by atoms with Crippen LogP contribution in [0.4, 0.5) is 0 Å². The third kappa shape index (κ3) is 2.60. The number of carbonyl (C=O) groups excluding carboxylic acids is 1. The van der Waals surface area contributed by atoms with Gasteiger partial charge in [0.05, 0.1) is 0 Å². The van der Waals surface area contributed by atoms with Gasteiger partial charge in [0.1, 0.15) is 5.78 Å². The number of hydrogen-bond donors (Lipinski definition) is 1. The van der Waals surface area contributed by atoms with Crippen LogP contribution in [0.3, 0.4) is 0 Å². The molecule has 0 radical (unpaired) electrons. The van der Waals surface area contributed by atoms with Crippen molar-refractivity contribution in [3.63, 3.8) is 0 Å². The van der Waals surface area contributed by atoms with Crippen molar-refractivity contribution in [2.45, 2.75) is 45.6 Å². The van der Waals surface area contributed by atoms with Crippen LogP contribution in [0.25, 0.3) is 0 Å². The monoisotopic (exact) mass is 250 g/mol. The van der Waals surface area contributed by atoms with Crippen LogP contribution >= 0.6 is 0 Å². The predicted octanol–water partition coefficient (Wildman–Crippen LogP) is 0.858. The molecule has 1 unspecified atom stereocenters. The van der Waals surface area contributed by atoms with Gasteiger partial charge in [-0.05, 0) is 25.7 Å². The van der Waals surface area contributed by atoms with Gasteiger partial charge in [-0.15, -0.1) is 0 Å². The smallest absolute Gasteiger partial charge is 0.300 e. The van der Waals surface area contributed by atoms with Crippen LogP contribution in [0.15, 0.2) is 15.8 Å². The summed E-state index contributed by atoms with van der Waals surface area (Å²) < 4.78 is 1.51. The molecule has 5 heteroatoms. The lowest BCUT2D eigenvalue weighted by atomic mass is 10.0. The second kappa shape index (κ2) is 5.33. The Bertz CT molecular complexity index is 556. The van der Waals surface area contributed by atoms with E-state index in [4.69, 9.17) is 0 Å². The lowest BCUT2D eigenvalue weighted by Crippen LogP contribution is -2.32. The zero-order valence-electron chi connectivity index (χ0n) is 10.6. The van der Waals surface area contributed by atoms with Gasteiger partial charge in [0.25, 0.3) is 5.56 Å². The van der Waals surface area contributed by atoms with Crippen molar-refractivity contribution in [3.8, 4) is 0 Å². The van der Waals surface area contributed by atoms with E-state index in [1.165, 1.54) is 4.57 Å². The maximum atomic E-state index is 11.6. The van der Waals surface area contributed by atoms with Crippen LogP contribution in [-0.4, -0.2) is 15.3 Å². The molecule has 0 saturated heterocycles. The first-order valence-electron chi connectivity index (χ1n) is 6.47. The molecular formula is C13H18N2O3. The molecule has 1 heterocycles. The van der Waals surface area contributed by atoms with E-state index in [0.717, 1.165) is 12.8 Å². The summed E-state index contributed by atoms with van der Waals surface area (Å²) in [5, 5.41) is 0. The number of hydrogen-bond acceptors (Lipinski definition) is 3. The van der Waals surface area contributed by atoms with E-state index in [9.17, 15) is 14.4 Å². The Balaban J connectivity index is 2.11. The number of carbonyl (C=O) groups is 1. The summed E-state index contributed by atoms with van der Waals surface area (Å²) >= 11 is 0. The zero-order valence-corrected chi connectivity index (χ0v) is 10.6. The molecule has 0 aromatic carbocycles. The van der Waals surface area contributed by atoms with Crippen molar-refractivity contribution in [3.05, 3.63) is 32.6 Å². The topological polar surface area (TPSA) is 71.9 Å². The predicted molar refractivity (Wildman–Crippen MR) is 67.7 cm³/mol. The minimum Gasteiger partial charge on any atom is -0.300 e. The van der Waals surface area contributed by atoms with Gasteiger partial charge in [-0.1, -0.05) is 6.92 Å². The van der Waals surface area contributed by atoms with Crippen molar-refractivity contribution in [1.29, 1.82) is 0 Å². The van der Waals surface area contributed by atoms with E-state index < -0.39 is 0 Å². The Morgan fingerprint density at radius 3 is 2.78 bits per heavy atom. The van der Waals surface area contributed by atoms with E-state index in [-0.39, 0.29) is 17.2 Å². The quantitative estimate of drug-likeness (QED) is 0.861. The summed E-state index contributed by atoms with van der Waals surface area (Å²) in [6.07, 6.45) is 5.46. The van der Waals surface area contributed by atoms with Gasteiger partial charge >= 0.3 is 5.69 Å². The fourth-order valence-electron chi connectivity index (χ4n) is 2.46. The first-order chi connectivity index (χ1) is 8.61. The summed E-state index contributed by atoms with van der Waals surface area (Å²) in [6.45, 7) is 2.37. The number of nitrogens with one attached hydrogen (secondary N) is 1. The third-order valence-corrected chi connectivity index (χ3v) is 3.62. The van der Waals surface area contributed by atoms with Crippen molar-refractivity contribution in [2.75, 3.05) is 0 Å². The lowest BCUT2D eigenvalue weighted by molar-refractivity contribution is -0.120. The van der Waals surface area contributed by atoms with Gasteiger partial charge < -0.3 is 4.57 Å². The molecule has 1 saturated carbocycles. The first-order valence-corrected chi connectivity index (χ1v) is 6.47. The van der Waals surface area contributed by atoms with Gasteiger partial charge in [-0.2, -0.15) is 0 Å². The maximum Gasteiger partial charge on any atom is 0.328 e. The van der Waals surface area contributed by atoms with Gasteiger partial charge in [0.2, 0.25) is 0 Å². The summed E-state index contributed by atoms with van der Waals surface area (Å²) in [6, 6.07) is 0. The van der Waals surface area contributed by atoms with Gasteiger partial charge in [0, 0.05) is 30.6 Å². The largest absolute Gasteiger partial charge is 0.328 e. The molecule has 18 heavy (non-hydrogen) atoms. The minimum atomic E-state index is -0.386. The molecule has 0 bridgehead atoms. The highest BCUT2D eigenvalue weighted by Crippen LogP contribution is 2.24. The van der Waals surface area contributed by atoms with Crippen LogP contribution in [-0.2, 0) is 17.8 Å². The van der Waals surface area contributed by atoms with Gasteiger partial charge in [0.15, 0.2) is 0 Å². The molecule has 98 valence electrons. The van der Waals surface area contributed by atoms with E-state index in [0.29, 0.717) is 37.2 Å². The number of rotatable bonds is 4. The summed E-state index contributed by atoms with van der Waals surface area (Å²) in [7, 11) is 0. The maximum absolute atomic E-state index is 11.6. The fourth-order valence-corrected chi connectivity index (χ4v) is 2.46. The molecule has 0 aliphatic heterocycles. The molecule has 0 amide bonds. The van der Waals surface area contributed by atoms with Gasteiger partial charge in [-0.25, -0.2) is 4.79 Å². The molecule has 1 aliphatic rings. The number of Topliss-reactive ketones (excluding diaryl/α,β-unsaturated/α-hetero) is 1. The third-order valence-electron chi connectivity index (χ3n) is 3.62. The second-order valence-electron chi connectivity index (χ2n) is 4.80. The molecule has 1 aromatic rings. The van der Waals surface area contributed by atoms with Crippen LogP contribution in [0, 0.1) is 5.92 Å². The highest BCUT2D eigenvalue weighted by atomic mass is 16.2. The Morgan fingerprint density at radius 2 is 2.17 bits per heavy atom. The van der Waals surface area contributed by atoms with E-state index in [1.54, 1.807) is 6.20 Å². The number of aromatic amines is 1. The number of ketones is 1. The Kier molecular flexibility index (Phi) is 3.79. The molecule has 1 N–H and O–H groups in total. The first kappa shape index (κ1) is 12.8. The summed E-state index contributed by atoms with van der Waals surface area (Å²) in [5.41, 5.74) is -0.0920. The summed E-state index contributed by atoms with van der Waals surface area (Å²) in [5.74, 6) is 0.400. The van der Waals surface area contributed by atoms with Crippen LogP contribution in [0.1, 0.15) is 38.2 Å². The molecule has 1 atom stereocenters. The highest BCUT2D eigenvalue weighted by Gasteiger charge is 2.23.